The Morgan fingerprint density at radius 3 is 2.38 bits per heavy atom. The highest BCUT2D eigenvalue weighted by Crippen LogP contribution is 2.51. The van der Waals surface area contributed by atoms with Crippen molar-refractivity contribution in [2.24, 2.45) is 11.1 Å². The van der Waals surface area contributed by atoms with E-state index in [1.165, 1.54) is 17.7 Å². The lowest BCUT2D eigenvalue weighted by Crippen LogP contribution is -2.47. The summed E-state index contributed by atoms with van der Waals surface area (Å²) in [7, 11) is 0. The fourth-order valence-electron chi connectivity index (χ4n) is 2.57. The summed E-state index contributed by atoms with van der Waals surface area (Å²) in [5.74, 6) is 0.120. The molecule has 116 valence electrons. The number of nitrogens with one attached hydrogen (secondary N) is 1. The van der Waals surface area contributed by atoms with E-state index in [2.05, 4.69) is 29.6 Å². The highest BCUT2D eigenvalue weighted by atomic mass is 32.2. The van der Waals surface area contributed by atoms with Crippen LogP contribution in [0.4, 0.5) is 0 Å². The Kier molecular flexibility index (Phi) is 5.33. The number of carbonyl (C=O) groups is 1. The van der Waals surface area contributed by atoms with E-state index in [1.807, 2.05) is 31.7 Å². The van der Waals surface area contributed by atoms with Crippen LogP contribution in [0.1, 0.15) is 39.5 Å². The van der Waals surface area contributed by atoms with Crippen molar-refractivity contribution in [2.45, 2.75) is 49.2 Å². The molecule has 1 fully saturated rings. The molecule has 1 aliphatic carbocycles. The summed E-state index contributed by atoms with van der Waals surface area (Å²) < 4.78 is 0.193. The van der Waals surface area contributed by atoms with Gasteiger partial charge in [-0.05, 0) is 37.8 Å². The zero-order chi connectivity index (χ0) is 15.3. The van der Waals surface area contributed by atoms with Gasteiger partial charge in [0.15, 0.2) is 0 Å². The molecule has 2 rings (SSSR count). The molecule has 1 aromatic rings. The smallest absolute Gasteiger partial charge is 0.227 e. The van der Waals surface area contributed by atoms with Crippen LogP contribution < -0.4 is 11.1 Å². The second kappa shape index (κ2) is 6.84. The summed E-state index contributed by atoms with van der Waals surface area (Å²) in [6.45, 7) is 5.25. The van der Waals surface area contributed by atoms with Gasteiger partial charge in [-0.15, -0.1) is 11.8 Å². The van der Waals surface area contributed by atoms with E-state index in [-0.39, 0.29) is 10.7 Å². The first-order valence-corrected chi connectivity index (χ1v) is 8.64. The Morgan fingerprint density at radius 1 is 1.29 bits per heavy atom. The van der Waals surface area contributed by atoms with E-state index in [0.717, 1.165) is 19.4 Å². The van der Waals surface area contributed by atoms with E-state index >= 15 is 0 Å². The highest BCUT2D eigenvalue weighted by molar-refractivity contribution is 8.01. The van der Waals surface area contributed by atoms with Crippen LogP contribution in [0.25, 0.3) is 0 Å². The predicted octanol–water partition coefficient (Wildman–Crippen LogP) is 3.19. The minimum absolute atomic E-state index is 0.120. The molecule has 0 saturated heterocycles. The molecule has 0 aliphatic heterocycles. The monoisotopic (exact) mass is 306 g/mol. The third kappa shape index (κ3) is 3.80. The summed E-state index contributed by atoms with van der Waals surface area (Å²) in [6.07, 6.45) is 3.93. The van der Waals surface area contributed by atoms with Gasteiger partial charge in [0, 0.05) is 22.7 Å². The normalized spacial score (nSPS) is 16.5. The Morgan fingerprint density at radius 2 is 1.90 bits per heavy atom. The first-order valence-electron chi connectivity index (χ1n) is 7.82. The average Bonchev–Trinajstić information content (AvgIpc) is 3.28. The molecule has 1 aliphatic rings. The Bertz CT molecular complexity index is 459. The molecule has 0 bridgehead atoms. The van der Waals surface area contributed by atoms with E-state index < -0.39 is 5.41 Å². The lowest BCUT2D eigenvalue weighted by Gasteiger charge is -2.29. The van der Waals surface area contributed by atoms with Crippen LogP contribution in [-0.2, 0) is 4.79 Å². The third-order valence-corrected chi connectivity index (χ3v) is 6.18. The quantitative estimate of drug-likeness (QED) is 0.775. The van der Waals surface area contributed by atoms with Crippen LogP contribution in [-0.4, -0.2) is 23.7 Å². The number of hydrogen-bond acceptors (Lipinski definition) is 3. The molecule has 1 amide bonds. The van der Waals surface area contributed by atoms with Crippen molar-refractivity contribution in [3.8, 4) is 0 Å². The van der Waals surface area contributed by atoms with Crippen molar-refractivity contribution in [1.29, 1.82) is 0 Å². The zero-order valence-electron chi connectivity index (χ0n) is 13.0. The van der Waals surface area contributed by atoms with Gasteiger partial charge in [0.05, 0.1) is 5.41 Å². The van der Waals surface area contributed by atoms with Crippen LogP contribution in [0, 0.1) is 5.41 Å². The van der Waals surface area contributed by atoms with Crippen molar-refractivity contribution in [3.05, 3.63) is 30.3 Å². The van der Waals surface area contributed by atoms with Crippen molar-refractivity contribution in [2.75, 3.05) is 13.1 Å². The number of carbonyl (C=O) groups excluding carboxylic acids is 1. The van der Waals surface area contributed by atoms with Crippen LogP contribution in [0.15, 0.2) is 35.2 Å². The molecule has 3 N–H and O–H groups in total. The maximum atomic E-state index is 12.5. The van der Waals surface area contributed by atoms with Crippen LogP contribution in [0.3, 0.4) is 0 Å². The minimum atomic E-state index is -0.395. The molecule has 1 saturated carbocycles. The van der Waals surface area contributed by atoms with Crippen molar-refractivity contribution >= 4 is 17.7 Å². The summed E-state index contributed by atoms with van der Waals surface area (Å²) in [6, 6.07) is 10.4. The van der Waals surface area contributed by atoms with Crippen LogP contribution in [0.5, 0.6) is 0 Å². The van der Waals surface area contributed by atoms with Crippen LogP contribution in [0.2, 0.25) is 0 Å². The zero-order valence-corrected chi connectivity index (χ0v) is 13.8. The molecule has 1 aromatic carbocycles. The molecule has 3 nitrogen and oxygen atoms in total. The average molecular weight is 306 g/mol. The SMILES string of the molecule is CCC(CC)(CN)C(=O)NCC1(Sc2ccccc2)CC1. The largest absolute Gasteiger partial charge is 0.354 e. The van der Waals surface area contributed by atoms with Crippen molar-refractivity contribution < 1.29 is 4.79 Å². The first kappa shape index (κ1) is 16.4. The van der Waals surface area contributed by atoms with Gasteiger partial charge in [0.25, 0.3) is 0 Å². The summed E-state index contributed by atoms with van der Waals surface area (Å²) >= 11 is 1.89. The topological polar surface area (TPSA) is 55.1 Å². The summed E-state index contributed by atoms with van der Waals surface area (Å²) in [5, 5.41) is 3.16. The first-order chi connectivity index (χ1) is 10.1. The lowest BCUT2D eigenvalue weighted by atomic mass is 9.81. The minimum Gasteiger partial charge on any atom is -0.354 e. The number of amides is 1. The summed E-state index contributed by atoms with van der Waals surface area (Å²) in [5.41, 5.74) is 5.45. The molecule has 21 heavy (non-hydrogen) atoms. The van der Waals surface area contributed by atoms with E-state index in [4.69, 9.17) is 5.73 Å². The number of thioether (sulfide) groups is 1. The Labute approximate surface area is 132 Å². The molecule has 0 radical (unpaired) electrons. The van der Waals surface area contributed by atoms with E-state index in [0.29, 0.717) is 6.54 Å². The molecule has 0 aromatic heterocycles. The van der Waals surface area contributed by atoms with Gasteiger partial charge >= 0.3 is 0 Å². The van der Waals surface area contributed by atoms with Gasteiger partial charge in [-0.2, -0.15) is 0 Å². The van der Waals surface area contributed by atoms with Gasteiger partial charge in [0.1, 0.15) is 0 Å². The standard InChI is InChI=1S/C17H26N2OS/c1-3-16(4-2,12-18)15(20)19-13-17(10-11-17)21-14-8-6-5-7-9-14/h5-9H,3-4,10-13,18H2,1-2H3,(H,19,20). The molecule has 0 unspecified atom stereocenters. The third-order valence-electron chi connectivity index (χ3n) is 4.68. The van der Waals surface area contributed by atoms with Gasteiger partial charge in [-0.3, -0.25) is 4.79 Å². The Hall–Kier alpha value is -1.00. The maximum Gasteiger partial charge on any atom is 0.227 e. The van der Waals surface area contributed by atoms with Gasteiger partial charge in [-0.1, -0.05) is 32.0 Å². The fraction of sp³-hybridized carbons (Fsp3) is 0.588. The number of benzene rings is 1. The number of hydrogen-bond donors (Lipinski definition) is 2. The Balaban J connectivity index is 1.92. The van der Waals surface area contributed by atoms with Crippen molar-refractivity contribution in [1.82, 2.24) is 5.32 Å². The van der Waals surface area contributed by atoms with Crippen LogP contribution >= 0.6 is 11.8 Å². The van der Waals surface area contributed by atoms with Gasteiger partial charge in [0.2, 0.25) is 5.91 Å². The van der Waals surface area contributed by atoms with Gasteiger partial charge < -0.3 is 11.1 Å². The summed E-state index contributed by atoms with van der Waals surface area (Å²) in [4.78, 5) is 13.8. The molecule has 0 spiro atoms. The molecule has 0 atom stereocenters. The van der Waals surface area contributed by atoms with E-state index in [1.54, 1.807) is 0 Å². The molecule has 0 heterocycles. The second-order valence-corrected chi connectivity index (χ2v) is 7.51. The van der Waals surface area contributed by atoms with Crippen molar-refractivity contribution in [3.63, 3.8) is 0 Å². The second-order valence-electron chi connectivity index (χ2n) is 5.97. The number of rotatable bonds is 8. The molecule has 4 heteroatoms. The number of nitrogens with two attached hydrogens (primary N) is 1. The fourth-order valence-corrected chi connectivity index (χ4v) is 3.82. The molecular weight excluding hydrogens is 280 g/mol. The molecular formula is C17H26N2OS. The van der Waals surface area contributed by atoms with Gasteiger partial charge in [-0.25, -0.2) is 0 Å². The highest BCUT2D eigenvalue weighted by Gasteiger charge is 2.45. The lowest BCUT2D eigenvalue weighted by molar-refractivity contribution is -0.131. The van der Waals surface area contributed by atoms with E-state index in [9.17, 15) is 4.79 Å². The maximum absolute atomic E-state index is 12.5. The predicted molar refractivity (Wildman–Crippen MR) is 89.3 cm³/mol.